The lowest BCUT2D eigenvalue weighted by atomic mass is 10.3. The van der Waals surface area contributed by atoms with E-state index in [9.17, 15) is 4.79 Å². The highest BCUT2D eigenvalue weighted by Gasteiger charge is 2.05. The summed E-state index contributed by atoms with van der Waals surface area (Å²) in [5.41, 5.74) is 8.78. The SMILES string of the molecule is Nc1ccccc1OCC(=O)NCc1cscn1. The van der Waals surface area contributed by atoms with E-state index in [1.807, 2.05) is 11.4 Å². The van der Waals surface area contributed by atoms with Gasteiger partial charge >= 0.3 is 0 Å². The average molecular weight is 263 g/mol. The van der Waals surface area contributed by atoms with Crippen LogP contribution in [0.1, 0.15) is 5.69 Å². The smallest absolute Gasteiger partial charge is 0.258 e. The van der Waals surface area contributed by atoms with Gasteiger partial charge in [0.05, 0.1) is 23.4 Å². The minimum Gasteiger partial charge on any atom is -0.482 e. The van der Waals surface area contributed by atoms with Crippen molar-refractivity contribution < 1.29 is 9.53 Å². The van der Waals surface area contributed by atoms with Gasteiger partial charge in [0.1, 0.15) is 5.75 Å². The molecule has 2 rings (SSSR count). The lowest BCUT2D eigenvalue weighted by molar-refractivity contribution is -0.123. The van der Waals surface area contributed by atoms with Crippen molar-refractivity contribution in [2.75, 3.05) is 12.3 Å². The molecule has 94 valence electrons. The number of rotatable bonds is 5. The minimum absolute atomic E-state index is 0.0572. The zero-order chi connectivity index (χ0) is 12.8. The number of para-hydroxylation sites is 2. The zero-order valence-corrected chi connectivity index (χ0v) is 10.4. The fourth-order valence-corrected chi connectivity index (χ4v) is 1.88. The third-order valence-electron chi connectivity index (χ3n) is 2.23. The molecule has 0 unspecified atom stereocenters. The Morgan fingerprint density at radius 2 is 2.28 bits per heavy atom. The maximum Gasteiger partial charge on any atom is 0.258 e. The van der Waals surface area contributed by atoms with Crippen molar-refractivity contribution in [2.45, 2.75) is 6.54 Å². The monoisotopic (exact) mass is 263 g/mol. The van der Waals surface area contributed by atoms with E-state index in [2.05, 4.69) is 10.3 Å². The molecule has 18 heavy (non-hydrogen) atoms. The van der Waals surface area contributed by atoms with Crippen molar-refractivity contribution in [3.63, 3.8) is 0 Å². The van der Waals surface area contributed by atoms with Gasteiger partial charge < -0.3 is 15.8 Å². The Hall–Kier alpha value is -2.08. The number of nitrogen functional groups attached to an aromatic ring is 1. The van der Waals surface area contributed by atoms with Crippen molar-refractivity contribution in [3.8, 4) is 5.75 Å². The standard InChI is InChI=1S/C12H13N3O2S/c13-10-3-1-2-4-11(10)17-6-12(16)14-5-9-7-18-8-15-9/h1-4,7-8H,5-6,13H2,(H,14,16). The third-order valence-corrected chi connectivity index (χ3v) is 2.86. The van der Waals surface area contributed by atoms with Gasteiger partial charge in [-0.25, -0.2) is 4.98 Å². The molecule has 0 aliphatic carbocycles. The zero-order valence-electron chi connectivity index (χ0n) is 9.63. The number of carbonyl (C=O) groups is 1. The van der Waals surface area contributed by atoms with Crippen LogP contribution in [0.4, 0.5) is 5.69 Å². The summed E-state index contributed by atoms with van der Waals surface area (Å²) in [4.78, 5) is 15.6. The molecule has 0 saturated carbocycles. The summed E-state index contributed by atoms with van der Waals surface area (Å²) < 4.78 is 5.31. The molecule has 1 amide bonds. The summed E-state index contributed by atoms with van der Waals surface area (Å²) in [6.07, 6.45) is 0. The Balaban J connectivity index is 1.77. The number of nitrogens with zero attached hydrogens (tertiary/aromatic N) is 1. The number of aromatic nitrogens is 1. The van der Waals surface area contributed by atoms with Crippen LogP contribution in [-0.2, 0) is 11.3 Å². The second kappa shape index (κ2) is 6.02. The molecule has 1 aromatic heterocycles. The van der Waals surface area contributed by atoms with Crippen LogP contribution in [0, 0.1) is 0 Å². The van der Waals surface area contributed by atoms with Crippen LogP contribution >= 0.6 is 11.3 Å². The number of amides is 1. The molecule has 0 atom stereocenters. The molecule has 5 nitrogen and oxygen atoms in total. The van der Waals surface area contributed by atoms with Gasteiger partial charge in [0.15, 0.2) is 6.61 Å². The van der Waals surface area contributed by atoms with E-state index in [-0.39, 0.29) is 12.5 Å². The van der Waals surface area contributed by atoms with E-state index < -0.39 is 0 Å². The van der Waals surface area contributed by atoms with Crippen molar-refractivity contribution >= 4 is 22.9 Å². The second-order valence-corrected chi connectivity index (χ2v) is 4.30. The molecule has 2 aromatic rings. The highest BCUT2D eigenvalue weighted by Crippen LogP contribution is 2.19. The van der Waals surface area contributed by atoms with E-state index in [0.29, 0.717) is 18.0 Å². The van der Waals surface area contributed by atoms with Gasteiger partial charge in [-0.3, -0.25) is 4.79 Å². The average Bonchev–Trinajstić information content (AvgIpc) is 2.88. The largest absolute Gasteiger partial charge is 0.482 e. The Morgan fingerprint density at radius 3 is 3.00 bits per heavy atom. The van der Waals surface area contributed by atoms with Crippen molar-refractivity contribution in [2.24, 2.45) is 0 Å². The molecule has 0 radical (unpaired) electrons. The lowest BCUT2D eigenvalue weighted by Crippen LogP contribution is -2.28. The van der Waals surface area contributed by atoms with Gasteiger partial charge in [0.2, 0.25) is 0 Å². The van der Waals surface area contributed by atoms with Crippen LogP contribution in [0.5, 0.6) is 5.75 Å². The molecule has 0 aliphatic heterocycles. The predicted molar refractivity (Wildman–Crippen MR) is 70.3 cm³/mol. The third kappa shape index (κ3) is 3.46. The van der Waals surface area contributed by atoms with E-state index in [1.54, 1.807) is 23.7 Å². The Labute approximate surface area is 109 Å². The van der Waals surface area contributed by atoms with Crippen LogP contribution < -0.4 is 15.8 Å². The van der Waals surface area contributed by atoms with Gasteiger partial charge in [-0.05, 0) is 12.1 Å². The topological polar surface area (TPSA) is 77.2 Å². The molecular formula is C12H13N3O2S. The summed E-state index contributed by atoms with van der Waals surface area (Å²) in [6.45, 7) is 0.355. The number of benzene rings is 1. The number of thiazole rings is 1. The number of hydrogen-bond acceptors (Lipinski definition) is 5. The van der Waals surface area contributed by atoms with Crippen LogP contribution in [0.2, 0.25) is 0 Å². The fourth-order valence-electron chi connectivity index (χ4n) is 1.32. The summed E-state index contributed by atoms with van der Waals surface area (Å²) in [6, 6.07) is 7.06. The van der Waals surface area contributed by atoms with Gasteiger partial charge in [-0.15, -0.1) is 11.3 Å². The fraction of sp³-hybridized carbons (Fsp3) is 0.167. The minimum atomic E-state index is -0.203. The molecule has 0 saturated heterocycles. The highest BCUT2D eigenvalue weighted by molar-refractivity contribution is 7.07. The van der Waals surface area contributed by atoms with Crippen molar-refractivity contribution in [1.82, 2.24) is 10.3 Å². The molecule has 0 spiro atoms. The number of nitrogens with two attached hydrogens (primary N) is 1. The summed E-state index contributed by atoms with van der Waals surface area (Å²) in [5.74, 6) is 0.313. The van der Waals surface area contributed by atoms with E-state index >= 15 is 0 Å². The van der Waals surface area contributed by atoms with Crippen LogP contribution in [-0.4, -0.2) is 17.5 Å². The molecule has 1 aromatic carbocycles. The first-order valence-electron chi connectivity index (χ1n) is 5.37. The molecular weight excluding hydrogens is 250 g/mol. The first kappa shape index (κ1) is 12.4. The summed E-state index contributed by atoms with van der Waals surface area (Å²) in [5, 5.41) is 4.60. The second-order valence-electron chi connectivity index (χ2n) is 3.58. The number of carbonyl (C=O) groups excluding carboxylic acids is 1. The van der Waals surface area contributed by atoms with Crippen molar-refractivity contribution in [3.05, 3.63) is 40.8 Å². The van der Waals surface area contributed by atoms with Gasteiger partial charge in [0, 0.05) is 5.38 Å². The first-order valence-corrected chi connectivity index (χ1v) is 6.31. The van der Waals surface area contributed by atoms with Crippen LogP contribution in [0.15, 0.2) is 35.2 Å². The number of anilines is 1. The Bertz CT molecular complexity index is 514. The molecule has 0 bridgehead atoms. The Kier molecular flexibility index (Phi) is 4.14. The van der Waals surface area contributed by atoms with E-state index in [0.717, 1.165) is 5.69 Å². The Morgan fingerprint density at radius 1 is 1.44 bits per heavy atom. The lowest BCUT2D eigenvalue weighted by Gasteiger charge is -2.08. The van der Waals surface area contributed by atoms with E-state index in [1.165, 1.54) is 11.3 Å². The quantitative estimate of drug-likeness (QED) is 0.800. The van der Waals surface area contributed by atoms with Crippen LogP contribution in [0.25, 0.3) is 0 Å². The molecule has 3 N–H and O–H groups in total. The normalized spacial score (nSPS) is 10.0. The number of nitrogens with one attached hydrogen (secondary N) is 1. The van der Waals surface area contributed by atoms with Gasteiger partial charge in [0.25, 0.3) is 5.91 Å². The van der Waals surface area contributed by atoms with E-state index in [4.69, 9.17) is 10.5 Å². The van der Waals surface area contributed by atoms with Crippen LogP contribution in [0.3, 0.4) is 0 Å². The summed E-state index contributed by atoms with van der Waals surface area (Å²) >= 11 is 1.49. The molecule has 1 heterocycles. The predicted octanol–water partition coefficient (Wildman–Crippen LogP) is 1.42. The number of ether oxygens (including phenoxy) is 1. The highest BCUT2D eigenvalue weighted by atomic mass is 32.1. The summed E-state index contributed by atoms with van der Waals surface area (Å²) in [7, 11) is 0. The van der Waals surface area contributed by atoms with Gasteiger partial charge in [-0.2, -0.15) is 0 Å². The maximum absolute atomic E-state index is 11.5. The molecule has 0 fully saturated rings. The van der Waals surface area contributed by atoms with Crippen molar-refractivity contribution in [1.29, 1.82) is 0 Å². The molecule has 6 heteroatoms. The maximum atomic E-state index is 11.5. The molecule has 0 aliphatic rings. The van der Waals surface area contributed by atoms with Gasteiger partial charge in [-0.1, -0.05) is 12.1 Å². The number of hydrogen-bond donors (Lipinski definition) is 2. The first-order chi connectivity index (χ1) is 8.75.